The molecule has 2 aromatic rings. The van der Waals surface area contributed by atoms with Gasteiger partial charge in [0.15, 0.2) is 5.69 Å². The fraction of sp³-hybridized carbons (Fsp3) is 0.357. The van der Waals surface area contributed by atoms with Gasteiger partial charge in [0, 0.05) is 25.7 Å². The normalized spacial score (nSPS) is 18.1. The number of amides is 1. The summed E-state index contributed by atoms with van der Waals surface area (Å²) in [6.07, 6.45) is 1.69. The van der Waals surface area contributed by atoms with E-state index in [0.717, 1.165) is 18.8 Å². The minimum atomic E-state index is -0.0545. The molecule has 1 amide bonds. The van der Waals surface area contributed by atoms with Crippen LogP contribution in [-0.4, -0.2) is 51.5 Å². The molecule has 1 N–H and O–H groups in total. The first-order chi connectivity index (χ1) is 9.75. The first kappa shape index (κ1) is 15.5. The number of carbonyl (C=O) groups is 1. The Bertz CT molecular complexity index is 600. The zero-order chi connectivity index (χ0) is 13.9. The van der Waals surface area contributed by atoms with Crippen LogP contribution in [0, 0.1) is 0 Å². The number of benzene rings is 1. The number of halogens is 1. The summed E-state index contributed by atoms with van der Waals surface area (Å²) in [7, 11) is 0. The Labute approximate surface area is 129 Å². The summed E-state index contributed by atoms with van der Waals surface area (Å²) < 4.78 is 1.63. The second kappa shape index (κ2) is 6.69. The molecule has 7 heteroatoms. The minimum absolute atomic E-state index is 0. The van der Waals surface area contributed by atoms with E-state index in [0.29, 0.717) is 12.2 Å². The molecule has 0 saturated carbocycles. The lowest BCUT2D eigenvalue weighted by molar-refractivity contribution is 0.0649. The molecule has 1 aliphatic heterocycles. The van der Waals surface area contributed by atoms with Crippen molar-refractivity contribution in [3.63, 3.8) is 0 Å². The van der Waals surface area contributed by atoms with E-state index in [4.69, 9.17) is 0 Å². The topological polar surface area (TPSA) is 63.1 Å². The monoisotopic (exact) mass is 307 g/mol. The first-order valence-electron chi connectivity index (χ1n) is 6.75. The Balaban J connectivity index is 0.00000161. The highest BCUT2D eigenvalue weighted by Crippen LogP contribution is 2.10. The van der Waals surface area contributed by atoms with Crippen LogP contribution in [0.1, 0.15) is 17.4 Å². The van der Waals surface area contributed by atoms with Gasteiger partial charge in [-0.15, -0.1) is 17.5 Å². The highest BCUT2D eigenvalue weighted by atomic mass is 35.5. The van der Waals surface area contributed by atoms with E-state index in [2.05, 4.69) is 15.6 Å². The molecule has 6 nitrogen and oxygen atoms in total. The second-order valence-electron chi connectivity index (χ2n) is 4.94. The van der Waals surface area contributed by atoms with Crippen molar-refractivity contribution in [2.75, 3.05) is 19.6 Å². The third kappa shape index (κ3) is 3.22. The summed E-state index contributed by atoms with van der Waals surface area (Å²) >= 11 is 0. The molecule has 1 fully saturated rings. The van der Waals surface area contributed by atoms with Gasteiger partial charge in [-0.05, 0) is 19.1 Å². The molecule has 0 radical (unpaired) electrons. The Morgan fingerprint density at radius 3 is 2.81 bits per heavy atom. The van der Waals surface area contributed by atoms with Gasteiger partial charge in [-0.25, -0.2) is 4.68 Å². The van der Waals surface area contributed by atoms with Crippen LogP contribution in [0.15, 0.2) is 36.5 Å². The van der Waals surface area contributed by atoms with Crippen molar-refractivity contribution in [1.82, 2.24) is 25.2 Å². The number of nitrogens with one attached hydrogen (secondary N) is 1. The van der Waals surface area contributed by atoms with Crippen molar-refractivity contribution in [3.8, 4) is 5.69 Å². The summed E-state index contributed by atoms with van der Waals surface area (Å²) in [6.45, 7) is 4.38. The first-order valence-corrected chi connectivity index (χ1v) is 6.75. The van der Waals surface area contributed by atoms with E-state index in [1.54, 1.807) is 10.9 Å². The fourth-order valence-corrected chi connectivity index (χ4v) is 2.36. The van der Waals surface area contributed by atoms with Crippen molar-refractivity contribution in [3.05, 3.63) is 42.2 Å². The predicted octanol–water partition coefficient (Wildman–Crippen LogP) is 1.12. The van der Waals surface area contributed by atoms with Crippen molar-refractivity contribution in [2.24, 2.45) is 0 Å². The Kier molecular flexibility index (Phi) is 4.93. The molecule has 1 atom stereocenters. The maximum atomic E-state index is 12.4. The summed E-state index contributed by atoms with van der Waals surface area (Å²) in [5.74, 6) is -0.0545. The van der Waals surface area contributed by atoms with Gasteiger partial charge in [0.05, 0.1) is 11.9 Å². The summed E-state index contributed by atoms with van der Waals surface area (Å²) in [6, 6.07) is 9.83. The largest absolute Gasteiger partial charge is 0.332 e. The SMILES string of the molecule is C[C@@H]1CNCCN1C(=O)c1cn(-c2ccccc2)nn1.Cl. The molecule has 2 heterocycles. The third-order valence-corrected chi connectivity index (χ3v) is 3.50. The maximum absolute atomic E-state index is 12.4. The Morgan fingerprint density at radius 1 is 1.33 bits per heavy atom. The van der Waals surface area contributed by atoms with Crippen LogP contribution in [0.4, 0.5) is 0 Å². The molecular formula is C14H18ClN5O. The fourth-order valence-electron chi connectivity index (χ4n) is 2.36. The third-order valence-electron chi connectivity index (χ3n) is 3.50. The zero-order valence-corrected chi connectivity index (χ0v) is 12.6. The van der Waals surface area contributed by atoms with Crippen LogP contribution >= 0.6 is 12.4 Å². The van der Waals surface area contributed by atoms with Gasteiger partial charge in [0.2, 0.25) is 0 Å². The van der Waals surface area contributed by atoms with Crippen LogP contribution < -0.4 is 5.32 Å². The smallest absolute Gasteiger partial charge is 0.276 e. The minimum Gasteiger partial charge on any atom is -0.332 e. The highest BCUT2D eigenvalue weighted by molar-refractivity contribution is 5.92. The number of piperazine rings is 1. The molecule has 21 heavy (non-hydrogen) atoms. The molecule has 0 bridgehead atoms. The predicted molar refractivity (Wildman–Crippen MR) is 82.0 cm³/mol. The van der Waals surface area contributed by atoms with E-state index < -0.39 is 0 Å². The number of para-hydroxylation sites is 1. The molecule has 3 rings (SSSR count). The average molecular weight is 308 g/mol. The van der Waals surface area contributed by atoms with Gasteiger partial charge in [0.25, 0.3) is 5.91 Å². The highest BCUT2D eigenvalue weighted by Gasteiger charge is 2.26. The van der Waals surface area contributed by atoms with E-state index in [-0.39, 0.29) is 24.4 Å². The maximum Gasteiger partial charge on any atom is 0.276 e. The molecule has 1 aromatic carbocycles. The van der Waals surface area contributed by atoms with Gasteiger partial charge in [-0.3, -0.25) is 4.79 Å². The average Bonchev–Trinajstić information content (AvgIpc) is 2.98. The number of carbonyl (C=O) groups excluding carboxylic acids is 1. The van der Waals surface area contributed by atoms with Crippen molar-refractivity contribution in [2.45, 2.75) is 13.0 Å². The number of hydrogen-bond donors (Lipinski definition) is 1. The molecule has 0 spiro atoms. The van der Waals surface area contributed by atoms with E-state index in [1.807, 2.05) is 42.2 Å². The lowest BCUT2D eigenvalue weighted by Gasteiger charge is -2.33. The lowest BCUT2D eigenvalue weighted by Crippen LogP contribution is -2.52. The Morgan fingerprint density at radius 2 is 2.10 bits per heavy atom. The second-order valence-corrected chi connectivity index (χ2v) is 4.94. The van der Waals surface area contributed by atoms with Crippen LogP contribution in [0.3, 0.4) is 0 Å². The van der Waals surface area contributed by atoms with E-state index >= 15 is 0 Å². The van der Waals surface area contributed by atoms with Crippen LogP contribution in [0.5, 0.6) is 0 Å². The van der Waals surface area contributed by atoms with Gasteiger partial charge in [0.1, 0.15) is 0 Å². The van der Waals surface area contributed by atoms with Gasteiger partial charge in [-0.2, -0.15) is 0 Å². The summed E-state index contributed by atoms with van der Waals surface area (Å²) in [4.78, 5) is 14.3. The van der Waals surface area contributed by atoms with Gasteiger partial charge in [-0.1, -0.05) is 23.4 Å². The van der Waals surface area contributed by atoms with Gasteiger partial charge < -0.3 is 10.2 Å². The number of aromatic nitrogens is 3. The van der Waals surface area contributed by atoms with Gasteiger partial charge >= 0.3 is 0 Å². The number of rotatable bonds is 2. The number of hydrogen-bond acceptors (Lipinski definition) is 4. The van der Waals surface area contributed by atoms with Crippen LogP contribution in [-0.2, 0) is 0 Å². The molecule has 1 saturated heterocycles. The molecule has 112 valence electrons. The van der Waals surface area contributed by atoms with Crippen molar-refractivity contribution >= 4 is 18.3 Å². The van der Waals surface area contributed by atoms with E-state index in [9.17, 15) is 4.79 Å². The summed E-state index contributed by atoms with van der Waals surface area (Å²) in [5.41, 5.74) is 1.29. The van der Waals surface area contributed by atoms with Crippen molar-refractivity contribution < 1.29 is 4.79 Å². The Hall–Kier alpha value is -1.92. The molecule has 1 aliphatic rings. The van der Waals surface area contributed by atoms with E-state index in [1.165, 1.54) is 0 Å². The van der Waals surface area contributed by atoms with Crippen LogP contribution in [0.25, 0.3) is 5.69 Å². The molecular weight excluding hydrogens is 290 g/mol. The molecule has 0 unspecified atom stereocenters. The van der Waals surface area contributed by atoms with Crippen molar-refractivity contribution in [1.29, 1.82) is 0 Å². The lowest BCUT2D eigenvalue weighted by atomic mass is 10.2. The molecule has 1 aromatic heterocycles. The number of nitrogens with zero attached hydrogens (tertiary/aromatic N) is 4. The standard InChI is InChI=1S/C14H17N5O.ClH/c1-11-9-15-7-8-18(11)14(20)13-10-19(17-16-13)12-5-3-2-4-6-12;/h2-6,10-11,15H,7-9H2,1H3;1H/t11-;/m1./s1. The quantitative estimate of drug-likeness (QED) is 0.903. The zero-order valence-electron chi connectivity index (χ0n) is 11.8. The van der Waals surface area contributed by atoms with Crippen LogP contribution in [0.2, 0.25) is 0 Å². The summed E-state index contributed by atoms with van der Waals surface area (Å²) in [5, 5.41) is 11.3. The molecule has 0 aliphatic carbocycles.